The highest BCUT2D eigenvalue weighted by Gasteiger charge is 2.23. The largest absolute Gasteiger partial charge is 0.443 e. The van der Waals surface area contributed by atoms with Gasteiger partial charge in [-0.25, -0.2) is 14.0 Å². The van der Waals surface area contributed by atoms with Crippen LogP contribution in [0.25, 0.3) is 0 Å². The van der Waals surface area contributed by atoms with Gasteiger partial charge in [0.05, 0.1) is 5.69 Å². The van der Waals surface area contributed by atoms with E-state index in [0.717, 1.165) is 17.0 Å². The molecule has 0 heterocycles. The Balaban J connectivity index is 3.05. The highest BCUT2D eigenvalue weighted by Crippen LogP contribution is 2.29. The maximum atomic E-state index is 13.2. The number of anilines is 1. The van der Waals surface area contributed by atoms with Gasteiger partial charge in [0, 0.05) is 13.1 Å². The second-order valence-electron chi connectivity index (χ2n) is 5.07. The van der Waals surface area contributed by atoms with Crippen LogP contribution in [-0.2, 0) is 4.74 Å². The van der Waals surface area contributed by atoms with Crippen molar-refractivity contribution in [1.82, 2.24) is 0 Å². The SMILES string of the molecule is CN(C(=O)OC(C)(C)C)c1ccc(F)cc1OC(N)=O. The third-order valence-electron chi connectivity index (χ3n) is 2.16. The van der Waals surface area contributed by atoms with E-state index in [1.54, 1.807) is 20.8 Å². The van der Waals surface area contributed by atoms with Crippen LogP contribution in [0.4, 0.5) is 19.7 Å². The first-order chi connectivity index (χ1) is 9.10. The number of hydrogen-bond acceptors (Lipinski definition) is 4. The lowest BCUT2D eigenvalue weighted by molar-refractivity contribution is 0.0588. The lowest BCUT2D eigenvalue weighted by Crippen LogP contribution is -2.34. The topological polar surface area (TPSA) is 81.9 Å². The van der Waals surface area contributed by atoms with E-state index in [9.17, 15) is 14.0 Å². The minimum absolute atomic E-state index is 0.161. The van der Waals surface area contributed by atoms with E-state index in [1.807, 2.05) is 0 Å². The maximum Gasteiger partial charge on any atom is 0.414 e. The number of nitrogens with zero attached hydrogens (tertiary/aromatic N) is 1. The molecule has 0 fully saturated rings. The van der Waals surface area contributed by atoms with Crippen molar-refractivity contribution in [3.8, 4) is 5.75 Å². The fourth-order valence-electron chi connectivity index (χ4n) is 1.38. The second kappa shape index (κ2) is 5.77. The Labute approximate surface area is 116 Å². The van der Waals surface area contributed by atoms with Crippen LogP contribution in [0.5, 0.6) is 5.75 Å². The molecule has 0 atom stereocenters. The predicted molar refractivity (Wildman–Crippen MR) is 71.2 cm³/mol. The number of amides is 2. The van der Waals surface area contributed by atoms with E-state index < -0.39 is 23.6 Å². The molecule has 2 amide bonds. The molecule has 1 rings (SSSR count). The first-order valence-corrected chi connectivity index (χ1v) is 5.83. The van der Waals surface area contributed by atoms with Gasteiger partial charge >= 0.3 is 12.2 Å². The Morgan fingerprint density at radius 2 is 1.90 bits per heavy atom. The summed E-state index contributed by atoms with van der Waals surface area (Å²) in [6.07, 6.45) is -1.77. The summed E-state index contributed by atoms with van der Waals surface area (Å²) in [4.78, 5) is 23.8. The van der Waals surface area contributed by atoms with Gasteiger partial charge in [-0.05, 0) is 32.9 Å². The summed E-state index contributed by atoms with van der Waals surface area (Å²) >= 11 is 0. The Bertz CT molecular complexity index is 526. The van der Waals surface area contributed by atoms with E-state index >= 15 is 0 Å². The lowest BCUT2D eigenvalue weighted by Gasteiger charge is -2.25. The molecule has 0 aliphatic heterocycles. The molecule has 2 N–H and O–H groups in total. The zero-order valence-electron chi connectivity index (χ0n) is 11.8. The van der Waals surface area contributed by atoms with Crippen LogP contribution in [-0.4, -0.2) is 24.8 Å². The van der Waals surface area contributed by atoms with Crippen molar-refractivity contribution in [2.24, 2.45) is 5.73 Å². The highest BCUT2D eigenvalue weighted by molar-refractivity contribution is 5.90. The number of carbonyl (C=O) groups excluding carboxylic acids is 2. The quantitative estimate of drug-likeness (QED) is 0.905. The molecule has 20 heavy (non-hydrogen) atoms. The first-order valence-electron chi connectivity index (χ1n) is 5.83. The lowest BCUT2D eigenvalue weighted by atomic mass is 10.2. The summed E-state index contributed by atoms with van der Waals surface area (Å²) in [6, 6.07) is 3.38. The third kappa shape index (κ3) is 4.42. The van der Waals surface area contributed by atoms with Crippen molar-refractivity contribution in [3.63, 3.8) is 0 Å². The van der Waals surface area contributed by atoms with Gasteiger partial charge in [0.1, 0.15) is 11.4 Å². The molecular weight excluding hydrogens is 267 g/mol. The van der Waals surface area contributed by atoms with Crippen LogP contribution in [0.3, 0.4) is 0 Å². The van der Waals surface area contributed by atoms with E-state index in [2.05, 4.69) is 4.74 Å². The molecule has 0 unspecified atom stereocenters. The molecule has 0 aliphatic rings. The zero-order chi connectivity index (χ0) is 15.5. The standard InChI is InChI=1S/C13H17FN2O4/c1-13(2,3)20-12(18)16(4)9-6-5-8(14)7-10(9)19-11(15)17/h5-7H,1-4H3,(H2,15,17). The third-order valence-corrected chi connectivity index (χ3v) is 2.16. The van der Waals surface area contributed by atoms with Gasteiger partial charge in [0.25, 0.3) is 0 Å². The Morgan fingerprint density at radius 3 is 2.40 bits per heavy atom. The van der Waals surface area contributed by atoms with Crippen molar-refractivity contribution in [2.45, 2.75) is 26.4 Å². The number of halogens is 1. The average Bonchev–Trinajstić information content (AvgIpc) is 2.25. The number of ether oxygens (including phenoxy) is 2. The molecule has 1 aromatic rings. The van der Waals surface area contributed by atoms with E-state index in [0.29, 0.717) is 0 Å². The minimum Gasteiger partial charge on any atom is -0.443 e. The minimum atomic E-state index is -1.10. The summed E-state index contributed by atoms with van der Waals surface area (Å²) in [6.45, 7) is 5.14. The van der Waals surface area contributed by atoms with E-state index in [1.165, 1.54) is 13.1 Å². The molecule has 0 saturated heterocycles. The molecule has 0 spiro atoms. The van der Waals surface area contributed by atoms with Crippen molar-refractivity contribution >= 4 is 17.9 Å². The molecule has 7 heteroatoms. The van der Waals surface area contributed by atoms with Crippen LogP contribution in [0.2, 0.25) is 0 Å². The number of benzene rings is 1. The van der Waals surface area contributed by atoms with E-state index in [-0.39, 0.29) is 11.4 Å². The normalized spacial score (nSPS) is 10.8. The molecule has 0 radical (unpaired) electrons. The number of carbonyl (C=O) groups is 2. The fraction of sp³-hybridized carbons (Fsp3) is 0.385. The van der Waals surface area contributed by atoms with Gasteiger partial charge in [0.15, 0.2) is 5.75 Å². The average molecular weight is 284 g/mol. The van der Waals surface area contributed by atoms with Gasteiger partial charge in [-0.15, -0.1) is 0 Å². The Morgan fingerprint density at radius 1 is 1.30 bits per heavy atom. The fourth-order valence-corrected chi connectivity index (χ4v) is 1.38. The predicted octanol–water partition coefficient (Wildman–Crippen LogP) is 2.65. The first kappa shape index (κ1) is 15.7. The maximum absolute atomic E-state index is 13.2. The zero-order valence-corrected chi connectivity index (χ0v) is 11.8. The number of nitrogens with two attached hydrogens (primary N) is 1. The summed E-state index contributed by atoms with van der Waals surface area (Å²) in [5.41, 5.74) is 4.38. The number of hydrogen-bond donors (Lipinski definition) is 1. The molecular formula is C13H17FN2O4. The Kier molecular flexibility index (Phi) is 4.54. The summed E-state index contributed by atoms with van der Waals surface area (Å²) in [7, 11) is 1.41. The summed E-state index contributed by atoms with van der Waals surface area (Å²) in [5.74, 6) is -0.784. The molecule has 6 nitrogen and oxygen atoms in total. The number of rotatable bonds is 2. The van der Waals surface area contributed by atoms with Crippen LogP contribution in [0.1, 0.15) is 20.8 Å². The molecule has 0 aliphatic carbocycles. The second-order valence-corrected chi connectivity index (χ2v) is 5.07. The smallest absolute Gasteiger partial charge is 0.414 e. The van der Waals surface area contributed by atoms with Gasteiger partial charge in [-0.3, -0.25) is 4.90 Å². The Hall–Kier alpha value is -2.31. The van der Waals surface area contributed by atoms with Crippen molar-refractivity contribution in [3.05, 3.63) is 24.0 Å². The number of primary amides is 1. The van der Waals surface area contributed by atoms with Crippen LogP contribution in [0, 0.1) is 5.82 Å². The van der Waals surface area contributed by atoms with Gasteiger partial charge in [-0.1, -0.05) is 0 Å². The van der Waals surface area contributed by atoms with Crippen LogP contribution >= 0.6 is 0 Å². The summed E-state index contributed by atoms with van der Waals surface area (Å²) in [5, 5.41) is 0. The molecule has 110 valence electrons. The van der Waals surface area contributed by atoms with Crippen LogP contribution in [0.15, 0.2) is 18.2 Å². The van der Waals surface area contributed by atoms with Gasteiger partial charge < -0.3 is 15.2 Å². The molecule has 0 bridgehead atoms. The van der Waals surface area contributed by atoms with Crippen molar-refractivity contribution in [2.75, 3.05) is 11.9 Å². The van der Waals surface area contributed by atoms with Crippen molar-refractivity contribution < 1.29 is 23.5 Å². The summed E-state index contributed by atoms with van der Waals surface area (Å²) < 4.78 is 23.0. The molecule has 0 aromatic heterocycles. The van der Waals surface area contributed by atoms with Crippen molar-refractivity contribution in [1.29, 1.82) is 0 Å². The molecule has 1 aromatic carbocycles. The molecule has 0 saturated carbocycles. The monoisotopic (exact) mass is 284 g/mol. The van der Waals surface area contributed by atoms with Crippen LogP contribution < -0.4 is 15.4 Å². The highest BCUT2D eigenvalue weighted by atomic mass is 19.1. The van der Waals surface area contributed by atoms with Gasteiger partial charge in [0.2, 0.25) is 0 Å². The van der Waals surface area contributed by atoms with Gasteiger partial charge in [-0.2, -0.15) is 0 Å². The van der Waals surface area contributed by atoms with E-state index in [4.69, 9.17) is 10.5 Å².